The van der Waals surface area contributed by atoms with Crippen molar-refractivity contribution in [3.8, 4) is 0 Å². The van der Waals surface area contributed by atoms with E-state index in [1.807, 2.05) is 11.8 Å². The Bertz CT molecular complexity index is 495. The van der Waals surface area contributed by atoms with Gasteiger partial charge >= 0.3 is 5.97 Å². The molecule has 0 amide bonds. The summed E-state index contributed by atoms with van der Waals surface area (Å²) in [6.45, 7) is 2.84. The molecule has 2 rings (SSSR count). The highest BCUT2D eigenvalue weighted by atomic mass is 16.5. The molecule has 0 saturated carbocycles. The van der Waals surface area contributed by atoms with Crippen LogP contribution in [0, 0.1) is 0 Å². The minimum atomic E-state index is -0.495. The maximum atomic E-state index is 11.7. The second-order valence-electron chi connectivity index (χ2n) is 4.73. The molecule has 1 aromatic rings. The number of hydrogen-bond acceptors (Lipinski definition) is 7. The van der Waals surface area contributed by atoms with Crippen LogP contribution in [0.1, 0.15) is 17.3 Å². The zero-order valence-corrected chi connectivity index (χ0v) is 11.6. The Labute approximate surface area is 117 Å². The SMILES string of the molecule is COC(=O)c1ccnc(N2CC(CO)OCC2C)c1N. The van der Waals surface area contributed by atoms with Crippen LogP contribution in [-0.4, -0.2) is 55.1 Å². The molecule has 7 heteroatoms. The van der Waals surface area contributed by atoms with Gasteiger partial charge in [0.1, 0.15) is 0 Å². The summed E-state index contributed by atoms with van der Waals surface area (Å²) in [5.74, 6) is 0.0212. The molecule has 0 aliphatic carbocycles. The second kappa shape index (κ2) is 6.06. The summed E-state index contributed by atoms with van der Waals surface area (Å²) >= 11 is 0. The zero-order valence-electron chi connectivity index (χ0n) is 11.6. The number of hydrogen-bond donors (Lipinski definition) is 2. The lowest BCUT2D eigenvalue weighted by atomic mass is 10.1. The van der Waals surface area contributed by atoms with Crippen molar-refractivity contribution < 1.29 is 19.4 Å². The fourth-order valence-electron chi connectivity index (χ4n) is 2.20. The van der Waals surface area contributed by atoms with E-state index >= 15 is 0 Å². The van der Waals surface area contributed by atoms with E-state index in [9.17, 15) is 9.90 Å². The molecule has 3 N–H and O–H groups in total. The summed E-state index contributed by atoms with van der Waals surface area (Å²) in [6.07, 6.45) is 1.24. The van der Waals surface area contributed by atoms with E-state index in [1.54, 1.807) is 0 Å². The lowest BCUT2D eigenvalue weighted by Gasteiger charge is -2.38. The molecule has 1 aliphatic rings. The van der Waals surface area contributed by atoms with Crippen LogP contribution in [0.5, 0.6) is 0 Å². The van der Waals surface area contributed by atoms with Crippen LogP contribution in [-0.2, 0) is 9.47 Å². The molecule has 0 bridgehead atoms. The number of ether oxygens (including phenoxy) is 2. The second-order valence-corrected chi connectivity index (χ2v) is 4.73. The highest BCUT2D eigenvalue weighted by molar-refractivity contribution is 5.97. The van der Waals surface area contributed by atoms with Crippen molar-refractivity contribution in [2.45, 2.75) is 19.1 Å². The topological polar surface area (TPSA) is 97.9 Å². The first kappa shape index (κ1) is 14.5. The van der Waals surface area contributed by atoms with Crippen LogP contribution >= 0.6 is 0 Å². The third-order valence-electron chi connectivity index (χ3n) is 3.36. The Morgan fingerprint density at radius 3 is 3.10 bits per heavy atom. The van der Waals surface area contributed by atoms with E-state index in [0.717, 1.165) is 0 Å². The quantitative estimate of drug-likeness (QED) is 0.755. The van der Waals surface area contributed by atoms with E-state index in [1.165, 1.54) is 19.4 Å². The summed E-state index contributed by atoms with van der Waals surface area (Å²) in [7, 11) is 1.31. The number of esters is 1. The van der Waals surface area contributed by atoms with Gasteiger partial charge in [0.25, 0.3) is 0 Å². The minimum Gasteiger partial charge on any atom is -0.465 e. The Kier molecular flexibility index (Phi) is 4.41. The van der Waals surface area contributed by atoms with E-state index in [-0.39, 0.29) is 30.0 Å². The van der Waals surface area contributed by atoms with Crippen LogP contribution in [0.4, 0.5) is 11.5 Å². The Balaban J connectivity index is 2.34. The summed E-state index contributed by atoms with van der Waals surface area (Å²) < 4.78 is 10.2. The van der Waals surface area contributed by atoms with Gasteiger partial charge in [-0.25, -0.2) is 9.78 Å². The first-order valence-corrected chi connectivity index (χ1v) is 6.40. The third-order valence-corrected chi connectivity index (χ3v) is 3.36. The van der Waals surface area contributed by atoms with Gasteiger partial charge in [-0.05, 0) is 13.0 Å². The predicted octanol–water partition coefficient (Wildman–Crippen LogP) is 0.0364. The average molecular weight is 281 g/mol. The van der Waals surface area contributed by atoms with Gasteiger partial charge in [0.15, 0.2) is 5.82 Å². The first-order valence-electron chi connectivity index (χ1n) is 6.40. The smallest absolute Gasteiger partial charge is 0.340 e. The van der Waals surface area contributed by atoms with Gasteiger partial charge in [0, 0.05) is 12.7 Å². The number of aliphatic hydroxyl groups is 1. The summed E-state index contributed by atoms with van der Waals surface area (Å²) in [5.41, 5.74) is 6.60. The first-order chi connectivity index (χ1) is 9.58. The summed E-state index contributed by atoms with van der Waals surface area (Å²) in [5, 5.41) is 9.21. The van der Waals surface area contributed by atoms with Crippen molar-refractivity contribution in [3.05, 3.63) is 17.8 Å². The molecule has 0 aromatic carbocycles. The summed E-state index contributed by atoms with van der Waals surface area (Å²) in [4.78, 5) is 17.8. The molecule has 2 unspecified atom stereocenters. The standard InChI is InChI=1S/C13H19N3O4/c1-8-7-20-9(6-17)5-16(8)12-11(14)10(3-4-15-12)13(18)19-2/h3-4,8-9,17H,5-7,14H2,1-2H3. The number of rotatable bonds is 3. The molecular weight excluding hydrogens is 262 g/mol. The van der Waals surface area contributed by atoms with Crippen LogP contribution in [0.15, 0.2) is 12.3 Å². The number of nitrogen functional groups attached to an aromatic ring is 1. The molecule has 0 spiro atoms. The monoisotopic (exact) mass is 281 g/mol. The predicted molar refractivity (Wildman–Crippen MR) is 73.6 cm³/mol. The van der Waals surface area contributed by atoms with Crippen molar-refractivity contribution in [2.24, 2.45) is 0 Å². The number of aromatic nitrogens is 1. The molecule has 20 heavy (non-hydrogen) atoms. The van der Waals surface area contributed by atoms with Gasteiger partial charge in [-0.3, -0.25) is 0 Å². The number of carbonyl (C=O) groups excluding carboxylic acids is 1. The molecule has 1 aliphatic heterocycles. The van der Waals surface area contributed by atoms with Crippen LogP contribution < -0.4 is 10.6 Å². The zero-order chi connectivity index (χ0) is 14.7. The van der Waals surface area contributed by atoms with Crippen molar-refractivity contribution >= 4 is 17.5 Å². The molecule has 7 nitrogen and oxygen atoms in total. The van der Waals surface area contributed by atoms with Crippen LogP contribution in [0.3, 0.4) is 0 Å². The molecule has 1 fully saturated rings. The van der Waals surface area contributed by atoms with Gasteiger partial charge in [-0.2, -0.15) is 0 Å². The maximum absolute atomic E-state index is 11.7. The highest BCUT2D eigenvalue weighted by Gasteiger charge is 2.29. The fourth-order valence-corrected chi connectivity index (χ4v) is 2.20. The number of anilines is 2. The van der Waals surface area contributed by atoms with E-state index in [2.05, 4.69) is 4.98 Å². The van der Waals surface area contributed by atoms with Gasteiger partial charge in [-0.1, -0.05) is 0 Å². The van der Waals surface area contributed by atoms with E-state index in [0.29, 0.717) is 19.0 Å². The molecule has 110 valence electrons. The third kappa shape index (κ3) is 2.68. The van der Waals surface area contributed by atoms with Crippen molar-refractivity contribution in [1.29, 1.82) is 0 Å². The molecule has 1 aromatic heterocycles. The largest absolute Gasteiger partial charge is 0.465 e. The Morgan fingerprint density at radius 2 is 2.45 bits per heavy atom. The highest BCUT2D eigenvalue weighted by Crippen LogP contribution is 2.28. The summed E-state index contributed by atoms with van der Waals surface area (Å²) in [6, 6.07) is 1.58. The Morgan fingerprint density at radius 1 is 1.70 bits per heavy atom. The van der Waals surface area contributed by atoms with Crippen molar-refractivity contribution in [1.82, 2.24) is 4.98 Å². The number of methoxy groups -OCH3 is 1. The maximum Gasteiger partial charge on any atom is 0.340 e. The number of pyridine rings is 1. The van der Waals surface area contributed by atoms with Crippen LogP contribution in [0.25, 0.3) is 0 Å². The van der Waals surface area contributed by atoms with Crippen molar-refractivity contribution in [3.63, 3.8) is 0 Å². The number of carbonyl (C=O) groups is 1. The lowest BCUT2D eigenvalue weighted by Crippen LogP contribution is -2.50. The van der Waals surface area contributed by atoms with Gasteiger partial charge in [-0.15, -0.1) is 0 Å². The van der Waals surface area contributed by atoms with E-state index < -0.39 is 5.97 Å². The normalized spacial score (nSPS) is 22.6. The van der Waals surface area contributed by atoms with Crippen LogP contribution in [0.2, 0.25) is 0 Å². The lowest BCUT2D eigenvalue weighted by molar-refractivity contribution is -0.0105. The average Bonchev–Trinajstić information content (AvgIpc) is 2.47. The Hall–Kier alpha value is -1.86. The fraction of sp³-hybridized carbons (Fsp3) is 0.538. The molecule has 2 atom stereocenters. The van der Waals surface area contributed by atoms with Gasteiger partial charge in [0.05, 0.1) is 43.7 Å². The number of nitrogens with zero attached hydrogens (tertiary/aromatic N) is 2. The number of aliphatic hydroxyl groups excluding tert-OH is 1. The van der Waals surface area contributed by atoms with Gasteiger partial charge < -0.3 is 25.2 Å². The molecule has 1 saturated heterocycles. The minimum absolute atomic E-state index is 0.0560. The van der Waals surface area contributed by atoms with Gasteiger partial charge in [0.2, 0.25) is 0 Å². The van der Waals surface area contributed by atoms with Crippen molar-refractivity contribution in [2.75, 3.05) is 37.5 Å². The number of morpholine rings is 1. The molecular formula is C13H19N3O4. The number of nitrogens with two attached hydrogens (primary N) is 1. The van der Waals surface area contributed by atoms with E-state index in [4.69, 9.17) is 15.2 Å². The molecule has 0 radical (unpaired) electrons. The molecule has 2 heterocycles.